The van der Waals surface area contributed by atoms with Gasteiger partial charge in [-0.25, -0.2) is 0 Å². The summed E-state index contributed by atoms with van der Waals surface area (Å²) in [5.41, 5.74) is 4.20. The van der Waals surface area contributed by atoms with Gasteiger partial charge >= 0.3 is 0 Å². The molecule has 1 amide bonds. The lowest BCUT2D eigenvalue weighted by Crippen LogP contribution is -2.24. The molecule has 3 nitrogen and oxygen atoms in total. The maximum Gasteiger partial charge on any atom is 0.224 e. The minimum Gasteiger partial charge on any atom is -0.487 e. The Labute approximate surface area is 128 Å². The van der Waals surface area contributed by atoms with E-state index in [0.29, 0.717) is 6.42 Å². The summed E-state index contributed by atoms with van der Waals surface area (Å²) in [6, 6.07) is 2.05. The number of rotatable bonds is 2. The molecular formula is C18H27NO2. The van der Waals surface area contributed by atoms with E-state index in [0.717, 1.165) is 29.0 Å². The van der Waals surface area contributed by atoms with E-state index in [1.165, 1.54) is 5.56 Å². The quantitative estimate of drug-likeness (QED) is 0.876. The number of aryl methyl sites for hydroxylation is 1. The van der Waals surface area contributed by atoms with E-state index >= 15 is 0 Å². The van der Waals surface area contributed by atoms with Crippen molar-refractivity contribution < 1.29 is 9.53 Å². The summed E-state index contributed by atoms with van der Waals surface area (Å²) in [4.78, 5) is 12.2. The van der Waals surface area contributed by atoms with Crippen molar-refractivity contribution in [3.8, 4) is 5.75 Å². The number of amides is 1. The Morgan fingerprint density at radius 3 is 2.52 bits per heavy atom. The van der Waals surface area contributed by atoms with Gasteiger partial charge in [0.05, 0.1) is 0 Å². The second kappa shape index (κ2) is 5.04. The summed E-state index contributed by atoms with van der Waals surface area (Å²) >= 11 is 0. The maximum atomic E-state index is 12.2. The molecule has 3 heteroatoms. The normalized spacial score (nSPS) is 16.3. The van der Waals surface area contributed by atoms with E-state index in [-0.39, 0.29) is 16.9 Å². The van der Waals surface area contributed by atoms with Crippen LogP contribution < -0.4 is 10.1 Å². The van der Waals surface area contributed by atoms with Gasteiger partial charge in [0.25, 0.3) is 0 Å². The van der Waals surface area contributed by atoms with Crippen LogP contribution in [0.1, 0.15) is 57.7 Å². The molecule has 0 fully saturated rings. The average Bonchev–Trinajstić information content (AvgIpc) is 2.57. The smallest absolute Gasteiger partial charge is 0.224 e. The van der Waals surface area contributed by atoms with Gasteiger partial charge in [0.2, 0.25) is 5.91 Å². The fraction of sp³-hybridized carbons (Fsp3) is 0.611. The zero-order valence-electron chi connectivity index (χ0n) is 14.3. The van der Waals surface area contributed by atoms with Crippen molar-refractivity contribution >= 4 is 11.6 Å². The minimum absolute atomic E-state index is 0.00623. The first-order valence-electron chi connectivity index (χ1n) is 7.60. The van der Waals surface area contributed by atoms with Gasteiger partial charge in [-0.3, -0.25) is 4.79 Å². The third-order valence-corrected chi connectivity index (χ3v) is 3.81. The summed E-state index contributed by atoms with van der Waals surface area (Å²) < 4.78 is 5.98. The molecule has 116 valence electrons. The number of fused-ring (bicyclic) bond motifs is 1. The average molecular weight is 289 g/mol. The van der Waals surface area contributed by atoms with E-state index in [1.54, 1.807) is 0 Å². The summed E-state index contributed by atoms with van der Waals surface area (Å²) in [5, 5.41) is 3.10. The molecule has 0 atom stereocenters. The van der Waals surface area contributed by atoms with Crippen LogP contribution in [0.5, 0.6) is 5.75 Å². The van der Waals surface area contributed by atoms with Gasteiger partial charge in [-0.05, 0) is 50.3 Å². The Balaban J connectivity index is 2.29. The molecule has 0 bridgehead atoms. The van der Waals surface area contributed by atoms with Crippen LogP contribution >= 0.6 is 0 Å². The number of ether oxygens (including phenoxy) is 1. The van der Waals surface area contributed by atoms with Crippen LogP contribution in [0, 0.1) is 19.3 Å². The molecule has 0 aromatic heterocycles. The summed E-state index contributed by atoms with van der Waals surface area (Å²) in [6.45, 7) is 14.5. The number of hydrogen-bond donors (Lipinski definition) is 1. The van der Waals surface area contributed by atoms with E-state index in [4.69, 9.17) is 4.74 Å². The van der Waals surface area contributed by atoms with E-state index in [2.05, 4.69) is 46.9 Å². The minimum atomic E-state index is -0.159. The molecule has 0 spiro atoms. The molecule has 2 rings (SSSR count). The molecule has 1 heterocycles. The van der Waals surface area contributed by atoms with E-state index < -0.39 is 0 Å². The second-order valence-corrected chi connectivity index (χ2v) is 7.99. The van der Waals surface area contributed by atoms with Gasteiger partial charge in [0.1, 0.15) is 11.4 Å². The molecule has 21 heavy (non-hydrogen) atoms. The Morgan fingerprint density at radius 2 is 1.95 bits per heavy atom. The van der Waals surface area contributed by atoms with Crippen LogP contribution in [0.4, 0.5) is 5.69 Å². The number of benzene rings is 1. The predicted molar refractivity (Wildman–Crippen MR) is 87.0 cm³/mol. The largest absolute Gasteiger partial charge is 0.487 e. The molecule has 0 saturated carbocycles. The van der Waals surface area contributed by atoms with E-state index in [9.17, 15) is 4.79 Å². The highest BCUT2D eigenvalue weighted by Crippen LogP contribution is 2.41. The highest BCUT2D eigenvalue weighted by atomic mass is 16.5. The second-order valence-electron chi connectivity index (χ2n) is 7.99. The summed E-state index contributed by atoms with van der Waals surface area (Å²) in [5.74, 6) is 1.04. The number of carbonyl (C=O) groups is 1. The SMILES string of the molecule is Cc1cc2c(c(C)c1NC(=O)CC(C)(C)C)CC(C)(C)O2. The van der Waals surface area contributed by atoms with Crippen LogP contribution in [0.2, 0.25) is 0 Å². The highest BCUT2D eigenvalue weighted by Gasteiger charge is 2.32. The first-order chi connectivity index (χ1) is 9.48. The number of carbonyl (C=O) groups excluding carboxylic acids is 1. The number of anilines is 1. The van der Waals surface area contributed by atoms with Crippen LogP contribution in [-0.4, -0.2) is 11.5 Å². The molecule has 1 aliphatic rings. The van der Waals surface area contributed by atoms with Crippen molar-refractivity contribution in [3.05, 3.63) is 22.8 Å². The highest BCUT2D eigenvalue weighted by molar-refractivity contribution is 5.93. The van der Waals surface area contributed by atoms with Gasteiger partial charge < -0.3 is 10.1 Å². The fourth-order valence-corrected chi connectivity index (χ4v) is 2.92. The van der Waals surface area contributed by atoms with E-state index in [1.807, 2.05) is 13.0 Å². The summed E-state index contributed by atoms with van der Waals surface area (Å²) in [7, 11) is 0. The first kappa shape index (κ1) is 15.9. The number of nitrogens with one attached hydrogen (secondary N) is 1. The third kappa shape index (κ3) is 3.58. The van der Waals surface area contributed by atoms with Gasteiger partial charge in [-0.15, -0.1) is 0 Å². The maximum absolute atomic E-state index is 12.2. The van der Waals surface area contributed by atoms with Crippen molar-refractivity contribution in [2.75, 3.05) is 5.32 Å². The standard InChI is InChI=1S/C18H27NO2/c1-11-8-14-13(9-18(6,7)21-14)12(2)16(11)19-15(20)10-17(3,4)5/h8H,9-10H2,1-7H3,(H,19,20). The van der Waals surface area contributed by atoms with Crippen molar-refractivity contribution in [2.24, 2.45) is 5.41 Å². The Kier molecular flexibility index (Phi) is 3.81. The van der Waals surface area contributed by atoms with Gasteiger partial charge in [0, 0.05) is 24.1 Å². The topological polar surface area (TPSA) is 38.3 Å². The first-order valence-corrected chi connectivity index (χ1v) is 7.60. The van der Waals surface area contributed by atoms with Crippen molar-refractivity contribution in [1.29, 1.82) is 0 Å². The Hall–Kier alpha value is -1.51. The lowest BCUT2D eigenvalue weighted by Gasteiger charge is -2.19. The molecule has 1 aliphatic heterocycles. The van der Waals surface area contributed by atoms with Crippen molar-refractivity contribution in [3.63, 3.8) is 0 Å². The Morgan fingerprint density at radius 1 is 1.33 bits per heavy atom. The van der Waals surface area contributed by atoms with Crippen molar-refractivity contribution in [1.82, 2.24) is 0 Å². The van der Waals surface area contributed by atoms with Gasteiger partial charge in [-0.2, -0.15) is 0 Å². The number of hydrogen-bond acceptors (Lipinski definition) is 2. The Bertz CT molecular complexity index is 580. The van der Waals surface area contributed by atoms with Gasteiger partial charge in [-0.1, -0.05) is 20.8 Å². The lowest BCUT2D eigenvalue weighted by molar-refractivity contribution is -0.117. The lowest BCUT2D eigenvalue weighted by atomic mass is 9.91. The van der Waals surface area contributed by atoms with Crippen LogP contribution in [0.3, 0.4) is 0 Å². The van der Waals surface area contributed by atoms with Crippen LogP contribution in [-0.2, 0) is 11.2 Å². The zero-order chi connectivity index (χ0) is 16.0. The fourth-order valence-electron chi connectivity index (χ4n) is 2.92. The molecule has 0 radical (unpaired) electrons. The molecule has 0 saturated heterocycles. The summed E-state index contributed by atoms with van der Waals surface area (Å²) in [6.07, 6.45) is 1.40. The molecule has 0 aliphatic carbocycles. The predicted octanol–water partition coefficient (Wildman–Crippen LogP) is 4.39. The molecule has 1 aromatic carbocycles. The van der Waals surface area contributed by atoms with Crippen LogP contribution in [0.15, 0.2) is 6.07 Å². The van der Waals surface area contributed by atoms with Crippen LogP contribution in [0.25, 0.3) is 0 Å². The monoisotopic (exact) mass is 289 g/mol. The molecular weight excluding hydrogens is 262 g/mol. The third-order valence-electron chi connectivity index (χ3n) is 3.81. The van der Waals surface area contributed by atoms with Gasteiger partial charge in [0.15, 0.2) is 0 Å². The molecule has 1 aromatic rings. The molecule has 0 unspecified atom stereocenters. The molecule has 1 N–H and O–H groups in total. The zero-order valence-corrected chi connectivity index (χ0v) is 14.3. The van der Waals surface area contributed by atoms with Crippen molar-refractivity contribution in [2.45, 2.75) is 66.9 Å².